The molecular weight excluding hydrogens is 172 g/mol. The summed E-state index contributed by atoms with van der Waals surface area (Å²) < 4.78 is 2.57. The number of hydrogen-bond acceptors (Lipinski definition) is 0. The van der Waals surface area contributed by atoms with Crippen LogP contribution in [0.2, 0.25) is 0 Å². The van der Waals surface area contributed by atoms with E-state index in [0.717, 1.165) is 23.7 Å². The number of rotatable bonds is 0. The lowest BCUT2D eigenvalue weighted by Gasteiger charge is -2.38. The average Bonchev–Trinajstić information content (AvgIpc) is 2.46. The molecule has 1 saturated carbocycles. The monoisotopic (exact) mass is 196 g/mol. The molecule has 80 valence electrons. The van der Waals surface area contributed by atoms with Gasteiger partial charge in [0.2, 0.25) is 0 Å². The number of likely N-dealkylation sites (tertiary alicyclic amines) is 2. The van der Waals surface area contributed by atoms with E-state index in [9.17, 15) is 0 Å². The lowest BCUT2D eigenvalue weighted by molar-refractivity contribution is -0.887. The predicted octanol–water partition coefficient (Wildman–Crippen LogP) is 0.645. The van der Waals surface area contributed by atoms with Gasteiger partial charge < -0.3 is 8.97 Å². The van der Waals surface area contributed by atoms with E-state index in [1.165, 1.54) is 35.1 Å². The van der Waals surface area contributed by atoms with Crippen molar-refractivity contribution in [1.29, 1.82) is 0 Å². The number of hydrogen-bond donors (Lipinski definition) is 0. The molecule has 3 rings (SSSR count). The lowest BCUT2D eigenvalue weighted by atomic mass is 9.60. The van der Waals surface area contributed by atoms with E-state index in [0.29, 0.717) is 0 Å². The van der Waals surface area contributed by atoms with E-state index in [-0.39, 0.29) is 0 Å². The Labute approximate surface area is 87.7 Å². The van der Waals surface area contributed by atoms with Crippen LogP contribution in [0.15, 0.2) is 0 Å². The molecule has 0 unspecified atom stereocenters. The Morgan fingerprint density at radius 3 is 1.00 bits per heavy atom. The van der Waals surface area contributed by atoms with Crippen molar-refractivity contribution in [3.63, 3.8) is 0 Å². The van der Waals surface area contributed by atoms with Gasteiger partial charge in [-0.05, 0) is 0 Å². The van der Waals surface area contributed by atoms with Crippen LogP contribution in [0.4, 0.5) is 0 Å². The second kappa shape index (κ2) is 2.35. The molecule has 2 saturated heterocycles. The summed E-state index contributed by atoms with van der Waals surface area (Å²) in [6.45, 7) is 5.80. The fraction of sp³-hybridized carbons (Fsp3) is 1.00. The minimum Gasteiger partial charge on any atom is -0.328 e. The van der Waals surface area contributed by atoms with Crippen LogP contribution in [0.3, 0.4) is 0 Å². The zero-order chi connectivity index (χ0) is 10.1. The molecule has 2 aliphatic heterocycles. The summed E-state index contributed by atoms with van der Waals surface area (Å²) in [5, 5.41) is 0. The first kappa shape index (κ1) is 9.17. The maximum absolute atomic E-state index is 2.41. The van der Waals surface area contributed by atoms with E-state index < -0.39 is 0 Å². The van der Waals surface area contributed by atoms with Gasteiger partial charge in [-0.25, -0.2) is 0 Å². The van der Waals surface area contributed by atoms with Gasteiger partial charge in [-0.1, -0.05) is 0 Å². The highest BCUT2D eigenvalue weighted by atomic mass is 15.4. The Morgan fingerprint density at radius 1 is 0.571 bits per heavy atom. The molecule has 0 radical (unpaired) electrons. The Bertz CT molecular complexity index is 209. The molecule has 0 aromatic carbocycles. The SMILES string of the molecule is C[N+]1(C)CC2C(C1)C1C[N+](C)(C)CC21. The summed E-state index contributed by atoms with van der Waals surface area (Å²) in [5.74, 6) is 4.31. The molecule has 0 spiro atoms. The minimum atomic E-state index is 1.08. The molecule has 0 atom stereocenters. The van der Waals surface area contributed by atoms with Crippen molar-refractivity contribution in [2.75, 3.05) is 54.4 Å². The predicted molar refractivity (Wildman–Crippen MR) is 57.6 cm³/mol. The maximum atomic E-state index is 2.41. The van der Waals surface area contributed by atoms with E-state index >= 15 is 0 Å². The maximum Gasteiger partial charge on any atom is 0.0821 e. The largest absolute Gasteiger partial charge is 0.328 e. The second-order valence-corrected chi connectivity index (χ2v) is 7.26. The van der Waals surface area contributed by atoms with Crippen molar-refractivity contribution in [2.24, 2.45) is 23.7 Å². The lowest BCUT2D eigenvalue weighted by Crippen LogP contribution is -2.44. The molecule has 0 bridgehead atoms. The Kier molecular flexibility index (Phi) is 1.54. The molecule has 0 amide bonds. The van der Waals surface area contributed by atoms with Crippen LogP contribution in [0, 0.1) is 23.7 Å². The highest BCUT2D eigenvalue weighted by Gasteiger charge is 2.64. The first-order chi connectivity index (χ1) is 6.38. The zero-order valence-corrected chi connectivity index (χ0v) is 10.0. The van der Waals surface area contributed by atoms with Crippen LogP contribution >= 0.6 is 0 Å². The van der Waals surface area contributed by atoms with Gasteiger partial charge in [-0.2, -0.15) is 0 Å². The van der Waals surface area contributed by atoms with Crippen molar-refractivity contribution in [3.8, 4) is 0 Å². The van der Waals surface area contributed by atoms with E-state index in [1.807, 2.05) is 0 Å². The van der Waals surface area contributed by atoms with E-state index in [2.05, 4.69) is 28.2 Å². The third kappa shape index (κ3) is 1.10. The fourth-order valence-electron chi connectivity index (χ4n) is 4.64. The van der Waals surface area contributed by atoms with Gasteiger partial charge in [0, 0.05) is 23.7 Å². The Hall–Kier alpha value is -0.0800. The second-order valence-electron chi connectivity index (χ2n) is 7.26. The zero-order valence-electron chi connectivity index (χ0n) is 10.0. The third-order valence-electron chi connectivity index (χ3n) is 5.02. The van der Waals surface area contributed by atoms with Crippen LogP contribution in [0.25, 0.3) is 0 Å². The summed E-state index contributed by atoms with van der Waals surface area (Å²) in [6.07, 6.45) is 0. The van der Waals surface area contributed by atoms with Gasteiger partial charge in [0.25, 0.3) is 0 Å². The summed E-state index contributed by atoms with van der Waals surface area (Å²) in [4.78, 5) is 0. The number of quaternary nitrogens is 2. The summed E-state index contributed by atoms with van der Waals surface area (Å²) in [6, 6.07) is 0. The molecule has 2 heterocycles. The van der Waals surface area contributed by atoms with Crippen LogP contribution < -0.4 is 0 Å². The normalized spacial score (nSPS) is 52.3. The van der Waals surface area contributed by atoms with Crippen LogP contribution in [-0.2, 0) is 0 Å². The highest BCUT2D eigenvalue weighted by molar-refractivity contribution is 5.01. The van der Waals surface area contributed by atoms with Crippen LogP contribution in [0.1, 0.15) is 0 Å². The molecule has 0 aromatic rings. The molecule has 0 N–H and O–H groups in total. The standard InChI is InChI=1S/C12H24N2/c1-13(2)5-9-10(6-13)12-8-14(3,4)7-11(9)12/h9-12H,5-8H2,1-4H3/q+2. The van der Waals surface area contributed by atoms with Crippen molar-refractivity contribution in [1.82, 2.24) is 0 Å². The molecule has 14 heavy (non-hydrogen) atoms. The van der Waals surface area contributed by atoms with E-state index in [4.69, 9.17) is 0 Å². The summed E-state index contributed by atoms with van der Waals surface area (Å²) in [7, 11) is 9.64. The van der Waals surface area contributed by atoms with Gasteiger partial charge >= 0.3 is 0 Å². The van der Waals surface area contributed by atoms with Crippen molar-refractivity contribution < 1.29 is 8.97 Å². The number of fused-ring (bicyclic) bond motifs is 4. The molecule has 0 aromatic heterocycles. The molecule has 2 heteroatoms. The topological polar surface area (TPSA) is 0 Å². The minimum absolute atomic E-state index is 1.08. The molecule has 1 aliphatic carbocycles. The Balaban J connectivity index is 1.78. The first-order valence-corrected chi connectivity index (χ1v) is 6.02. The molecule has 3 fully saturated rings. The van der Waals surface area contributed by atoms with Crippen molar-refractivity contribution in [2.45, 2.75) is 0 Å². The fourth-order valence-corrected chi connectivity index (χ4v) is 4.64. The quantitative estimate of drug-likeness (QED) is 0.499. The molecule has 3 aliphatic rings. The third-order valence-corrected chi connectivity index (χ3v) is 5.02. The van der Waals surface area contributed by atoms with Crippen LogP contribution in [0.5, 0.6) is 0 Å². The van der Waals surface area contributed by atoms with Crippen molar-refractivity contribution in [3.05, 3.63) is 0 Å². The highest BCUT2D eigenvalue weighted by Crippen LogP contribution is 2.55. The number of nitrogens with zero attached hydrogens (tertiary/aromatic N) is 2. The van der Waals surface area contributed by atoms with Gasteiger partial charge in [0.15, 0.2) is 0 Å². The molecular formula is C12H24N2+2. The van der Waals surface area contributed by atoms with Crippen molar-refractivity contribution >= 4 is 0 Å². The van der Waals surface area contributed by atoms with Gasteiger partial charge in [0.05, 0.1) is 54.4 Å². The summed E-state index contributed by atoms with van der Waals surface area (Å²) >= 11 is 0. The Morgan fingerprint density at radius 2 is 0.786 bits per heavy atom. The van der Waals surface area contributed by atoms with E-state index in [1.54, 1.807) is 0 Å². The smallest absolute Gasteiger partial charge is 0.0821 e. The van der Waals surface area contributed by atoms with Crippen LogP contribution in [-0.4, -0.2) is 63.3 Å². The first-order valence-electron chi connectivity index (χ1n) is 6.02. The van der Waals surface area contributed by atoms with Gasteiger partial charge in [0.1, 0.15) is 0 Å². The average molecular weight is 196 g/mol. The van der Waals surface area contributed by atoms with Gasteiger partial charge in [-0.3, -0.25) is 0 Å². The molecule has 2 nitrogen and oxygen atoms in total. The van der Waals surface area contributed by atoms with Gasteiger partial charge in [-0.15, -0.1) is 0 Å². The summed E-state index contributed by atoms with van der Waals surface area (Å²) in [5.41, 5.74) is 0.